The Kier molecular flexibility index (Phi) is 7.99. The van der Waals surface area contributed by atoms with Crippen molar-refractivity contribution in [1.82, 2.24) is 20.0 Å². The number of carbonyl (C=O) groups excluding carboxylic acids is 2. The zero-order valence-electron chi connectivity index (χ0n) is 22.0. The van der Waals surface area contributed by atoms with Crippen molar-refractivity contribution < 1.29 is 19.1 Å². The molecule has 0 bridgehead atoms. The Bertz CT molecular complexity index is 998. The summed E-state index contributed by atoms with van der Waals surface area (Å²) in [5.41, 5.74) is 1.96. The average molecular weight is 520 g/mol. The number of amides is 2. The minimum atomic E-state index is -0.528. The summed E-state index contributed by atoms with van der Waals surface area (Å²) in [6, 6.07) is -0.0286. The summed E-state index contributed by atoms with van der Waals surface area (Å²) >= 11 is 6.48. The molecule has 4 aliphatic heterocycles. The zero-order chi connectivity index (χ0) is 26.0. The van der Waals surface area contributed by atoms with Gasteiger partial charge in [-0.15, -0.1) is 0 Å². The van der Waals surface area contributed by atoms with Gasteiger partial charge >= 0.3 is 6.09 Å². The number of fused-ring (bicyclic) bond motifs is 1. The monoisotopic (exact) mass is 519 g/mol. The molecular formula is C26H38ClN5O4. The first-order chi connectivity index (χ1) is 17.0. The second kappa shape index (κ2) is 10.8. The molecule has 0 aromatic rings. The van der Waals surface area contributed by atoms with Crippen molar-refractivity contribution in [2.24, 2.45) is 10.9 Å². The third-order valence-corrected chi connectivity index (χ3v) is 7.15. The first-order valence-corrected chi connectivity index (χ1v) is 13.2. The Hall–Kier alpha value is -2.52. The third kappa shape index (κ3) is 6.06. The van der Waals surface area contributed by atoms with Crippen LogP contribution in [0.15, 0.2) is 39.4 Å². The molecule has 1 atom stereocenters. The van der Waals surface area contributed by atoms with Crippen molar-refractivity contribution in [3.63, 3.8) is 0 Å². The fourth-order valence-corrected chi connectivity index (χ4v) is 4.99. The van der Waals surface area contributed by atoms with E-state index in [1.807, 2.05) is 32.6 Å². The summed E-state index contributed by atoms with van der Waals surface area (Å²) < 4.78 is 11.0. The van der Waals surface area contributed by atoms with Gasteiger partial charge in [0, 0.05) is 38.4 Å². The van der Waals surface area contributed by atoms with Crippen LogP contribution in [0, 0.1) is 5.92 Å². The maximum atomic E-state index is 13.7. The van der Waals surface area contributed by atoms with Crippen LogP contribution < -0.4 is 5.32 Å². The number of hydrogen-bond acceptors (Lipinski definition) is 7. The first kappa shape index (κ1) is 26.5. The fraction of sp³-hybridized carbons (Fsp3) is 0.654. The largest absolute Gasteiger partial charge is 0.444 e. The highest BCUT2D eigenvalue weighted by Gasteiger charge is 2.35. The van der Waals surface area contributed by atoms with Crippen LogP contribution in [0.1, 0.15) is 53.9 Å². The van der Waals surface area contributed by atoms with E-state index in [0.717, 1.165) is 36.6 Å². The number of halogens is 1. The standard InChI is InChI=1S/C26H38ClN5O4/c1-17-6-7-20-23(30-12-14-35-15-13-30)29-21(27)16-32(20)22(18(17)2)24(33)28-19-8-10-31(11-9-19)25(34)36-26(3,4)5/h7,16-17,19H,6,8-15H2,1-5H3,(H,28,33). The molecule has 2 saturated heterocycles. The van der Waals surface area contributed by atoms with E-state index in [1.54, 1.807) is 11.1 Å². The summed E-state index contributed by atoms with van der Waals surface area (Å²) in [6.45, 7) is 13.5. The van der Waals surface area contributed by atoms with Gasteiger partial charge in [0.1, 0.15) is 16.5 Å². The van der Waals surface area contributed by atoms with Crippen LogP contribution in [0.25, 0.3) is 0 Å². The van der Waals surface area contributed by atoms with E-state index in [1.165, 1.54) is 0 Å². The Morgan fingerprint density at radius 3 is 2.47 bits per heavy atom. The van der Waals surface area contributed by atoms with Gasteiger partial charge in [0.2, 0.25) is 0 Å². The molecule has 0 aliphatic carbocycles. The number of nitrogens with one attached hydrogen (secondary N) is 1. The predicted octanol–water partition coefficient (Wildman–Crippen LogP) is 3.78. The molecule has 4 rings (SSSR count). The van der Waals surface area contributed by atoms with Gasteiger partial charge in [-0.2, -0.15) is 0 Å². The van der Waals surface area contributed by atoms with E-state index in [4.69, 9.17) is 21.1 Å². The summed E-state index contributed by atoms with van der Waals surface area (Å²) in [6.07, 6.45) is 5.73. The van der Waals surface area contributed by atoms with Crippen molar-refractivity contribution in [2.75, 3.05) is 39.4 Å². The van der Waals surface area contributed by atoms with Crippen molar-refractivity contribution in [1.29, 1.82) is 0 Å². The minimum Gasteiger partial charge on any atom is -0.444 e. The topological polar surface area (TPSA) is 86.7 Å². The van der Waals surface area contributed by atoms with E-state index in [9.17, 15) is 9.59 Å². The lowest BCUT2D eigenvalue weighted by Crippen LogP contribution is -2.49. The van der Waals surface area contributed by atoms with Crippen LogP contribution >= 0.6 is 11.6 Å². The van der Waals surface area contributed by atoms with E-state index in [0.29, 0.717) is 50.0 Å². The SMILES string of the molecule is CC1=C(C(=O)NC2CCN(C(=O)OC(C)(C)C)CC2)N2C=C(Cl)N=C(N3CCOCC3)C2=CCC1C. The Morgan fingerprint density at radius 2 is 1.83 bits per heavy atom. The van der Waals surface area contributed by atoms with Crippen LogP contribution in [0.3, 0.4) is 0 Å². The molecule has 0 aromatic heterocycles. The number of ether oxygens (including phenoxy) is 2. The summed E-state index contributed by atoms with van der Waals surface area (Å²) in [5, 5.41) is 3.57. The zero-order valence-corrected chi connectivity index (χ0v) is 22.7. The molecule has 36 heavy (non-hydrogen) atoms. The average Bonchev–Trinajstić information content (AvgIpc) is 2.94. The minimum absolute atomic E-state index is 0.0286. The molecule has 0 aromatic carbocycles. The van der Waals surface area contributed by atoms with Gasteiger partial charge in [0.15, 0.2) is 5.84 Å². The number of carbonyl (C=O) groups is 2. The van der Waals surface area contributed by atoms with Gasteiger partial charge < -0.3 is 29.5 Å². The summed E-state index contributed by atoms with van der Waals surface area (Å²) in [5.74, 6) is 0.839. The van der Waals surface area contributed by atoms with Gasteiger partial charge in [0.05, 0.1) is 18.9 Å². The molecule has 4 aliphatic rings. The molecule has 9 nitrogen and oxygen atoms in total. The molecule has 2 amide bonds. The number of hydrogen-bond donors (Lipinski definition) is 1. The number of piperidine rings is 1. The highest BCUT2D eigenvalue weighted by atomic mass is 35.5. The van der Waals surface area contributed by atoms with E-state index < -0.39 is 5.60 Å². The van der Waals surface area contributed by atoms with E-state index >= 15 is 0 Å². The number of morpholine rings is 1. The fourth-order valence-electron chi connectivity index (χ4n) is 4.82. The van der Waals surface area contributed by atoms with Crippen molar-refractivity contribution in [3.05, 3.63) is 34.4 Å². The normalized spacial score (nSPS) is 23.9. The lowest BCUT2D eigenvalue weighted by molar-refractivity contribution is -0.119. The smallest absolute Gasteiger partial charge is 0.410 e. The third-order valence-electron chi connectivity index (χ3n) is 6.96. The second-order valence-electron chi connectivity index (χ2n) is 10.8. The Labute approximate surface area is 218 Å². The van der Waals surface area contributed by atoms with Crippen molar-refractivity contribution in [2.45, 2.75) is 65.5 Å². The van der Waals surface area contributed by atoms with Crippen LogP contribution in [0.2, 0.25) is 0 Å². The molecule has 1 unspecified atom stereocenters. The Morgan fingerprint density at radius 1 is 1.17 bits per heavy atom. The maximum Gasteiger partial charge on any atom is 0.410 e. The van der Waals surface area contributed by atoms with Gasteiger partial charge in [-0.25, -0.2) is 9.79 Å². The molecule has 0 spiro atoms. The number of allylic oxidation sites excluding steroid dienone is 2. The molecule has 0 saturated carbocycles. The number of nitrogens with zero attached hydrogens (tertiary/aromatic N) is 4. The molecule has 198 valence electrons. The number of amidine groups is 1. The van der Waals surface area contributed by atoms with Crippen molar-refractivity contribution >= 4 is 29.4 Å². The molecule has 1 N–H and O–H groups in total. The Balaban J connectivity index is 1.48. The maximum absolute atomic E-state index is 13.7. The summed E-state index contributed by atoms with van der Waals surface area (Å²) in [7, 11) is 0. The highest BCUT2D eigenvalue weighted by Crippen LogP contribution is 2.34. The van der Waals surface area contributed by atoms with Gasteiger partial charge in [-0.05, 0) is 58.4 Å². The molecule has 2 fully saturated rings. The van der Waals surface area contributed by atoms with E-state index in [2.05, 4.69) is 28.2 Å². The molecule has 4 heterocycles. The van der Waals surface area contributed by atoms with Gasteiger partial charge in [-0.1, -0.05) is 24.6 Å². The number of likely N-dealkylation sites (tertiary alicyclic amines) is 1. The van der Waals surface area contributed by atoms with E-state index in [-0.39, 0.29) is 24.0 Å². The van der Waals surface area contributed by atoms with Crippen molar-refractivity contribution in [3.8, 4) is 0 Å². The molecule has 0 radical (unpaired) electrons. The second-order valence-corrected chi connectivity index (χ2v) is 11.2. The van der Waals surface area contributed by atoms with Crippen LogP contribution in [-0.2, 0) is 14.3 Å². The van der Waals surface area contributed by atoms with Crippen LogP contribution in [-0.4, -0.2) is 83.6 Å². The van der Waals surface area contributed by atoms with Gasteiger partial charge in [0.25, 0.3) is 5.91 Å². The van der Waals surface area contributed by atoms with Crippen LogP contribution in [0.4, 0.5) is 4.79 Å². The predicted molar refractivity (Wildman–Crippen MR) is 139 cm³/mol. The highest BCUT2D eigenvalue weighted by molar-refractivity contribution is 6.30. The lowest BCUT2D eigenvalue weighted by atomic mass is 9.97. The molecule has 10 heteroatoms. The van der Waals surface area contributed by atoms with Crippen LogP contribution in [0.5, 0.6) is 0 Å². The lowest BCUT2D eigenvalue weighted by Gasteiger charge is -2.37. The number of rotatable bonds is 2. The first-order valence-electron chi connectivity index (χ1n) is 12.8. The number of aliphatic imine (C=N–C) groups is 1. The quantitative estimate of drug-likeness (QED) is 0.559. The summed E-state index contributed by atoms with van der Waals surface area (Å²) in [4.78, 5) is 36.6. The molecular weight excluding hydrogens is 482 g/mol. The van der Waals surface area contributed by atoms with Gasteiger partial charge in [-0.3, -0.25) is 4.79 Å².